The van der Waals surface area contributed by atoms with Crippen LogP contribution in [-0.2, 0) is 13.0 Å². The van der Waals surface area contributed by atoms with Crippen LogP contribution in [0.3, 0.4) is 0 Å². The van der Waals surface area contributed by atoms with Crippen molar-refractivity contribution in [1.82, 2.24) is 19.3 Å². The van der Waals surface area contributed by atoms with Crippen molar-refractivity contribution in [3.63, 3.8) is 0 Å². The largest absolute Gasteiger partial charge is 0.383 e. The summed E-state index contributed by atoms with van der Waals surface area (Å²) in [7, 11) is 0. The van der Waals surface area contributed by atoms with E-state index in [2.05, 4.69) is 0 Å². The number of aromatic nitrogens is 4. The molecule has 0 amide bonds. The standard InChI is InChI=1S/C20H17N5O/c21-18-17-16(23-25(18)13-7-2-1-3-8-13)11-6-12-24-19(17)22-15-10-5-4-9-14(15)20(24)26/h1-5,7-10H,6,11-12,21H2. The number of nitrogens with two attached hydrogens (primary N) is 1. The van der Waals surface area contributed by atoms with E-state index in [1.54, 1.807) is 9.25 Å². The van der Waals surface area contributed by atoms with Crippen LogP contribution in [0.1, 0.15) is 12.1 Å². The van der Waals surface area contributed by atoms with Gasteiger partial charge in [0, 0.05) is 6.54 Å². The number of para-hydroxylation sites is 2. The highest BCUT2D eigenvalue weighted by atomic mass is 16.1. The molecule has 0 atom stereocenters. The van der Waals surface area contributed by atoms with E-state index in [0.29, 0.717) is 29.1 Å². The molecule has 2 N–H and O–H groups in total. The second-order valence-electron chi connectivity index (χ2n) is 6.47. The molecule has 6 nitrogen and oxygen atoms in total. The van der Waals surface area contributed by atoms with Gasteiger partial charge in [0.05, 0.1) is 27.8 Å². The predicted molar refractivity (Wildman–Crippen MR) is 101 cm³/mol. The first-order valence-corrected chi connectivity index (χ1v) is 8.67. The minimum atomic E-state index is -0.0229. The van der Waals surface area contributed by atoms with Gasteiger partial charge < -0.3 is 5.73 Å². The van der Waals surface area contributed by atoms with Crippen LogP contribution in [0.4, 0.5) is 5.82 Å². The second-order valence-corrected chi connectivity index (χ2v) is 6.47. The highest BCUT2D eigenvalue weighted by molar-refractivity contribution is 5.82. The number of benzene rings is 2. The number of hydrogen-bond donors (Lipinski definition) is 1. The molecule has 0 fully saturated rings. The van der Waals surface area contributed by atoms with Gasteiger partial charge in [-0.3, -0.25) is 9.36 Å². The normalized spacial score (nSPS) is 13.2. The summed E-state index contributed by atoms with van der Waals surface area (Å²) in [6, 6.07) is 17.2. The molecule has 0 saturated carbocycles. The number of anilines is 1. The van der Waals surface area contributed by atoms with Gasteiger partial charge >= 0.3 is 0 Å². The molecule has 0 saturated heterocycles. The lowest BCUT2D eigenvalue weighted by Crippen LogP contribution is -2.23. The van der Waals surface area contributed by atoms with Crippen molar-refractivity contribution in [3.05, 3.63) is 70.6 Å². The van der Waals surface area contributed by atoms with E-state index >= 15 is 0 Å². The zero-order valence-electron chi connectivity index (χ0n) is 14.1. The fourth-order valence-electron chi connectivity index (χ4n) is 3.63. The van der Waals surface area contributed by atoms with E-state index in [4.69, 9.17) is 15.8 Å². The molecule has 0 spiro atoms. The number of hydrogen-bond acceptors (Lipinski definition) is 4. The zero-order chi connectivity index (χ0) is 17.7. The van der Waals surface area contributed by atoms with Crippen molar-refractivity contribution in [3.8, 4) is 17.1 Å². The van der Waals surface area contributed by atoms with Crippen molar-refractivity contribution in [2.45, 2.75) is 19.4 Å². The average Bonchev–Trinajstić information content (AvgIpc) is 2.89. The van der Waals surface area contributed by atoms with E-state index in [0.717, 1.165) is 29.8 Å². The lowest BCUT2D eigenvalue weighted by atomic mass is 10.1. The van der Waals surface area contributed by atoms with Crippen LogP contribution < -0.4 is 11.3 Å². The highest BCUT2D eigenvalue weighted by Crippen LogP contribution is 2.33. The summed E-state index contributed by atoms with van der Waals surface area (Å²) >= 11 is 0. The van der Waals surface area contributed by atoms with Crippen molar-refractivity contribution in [2.24, 2.45) is 0 Å². The van der Waals surface area contributed by atoms with Gasteiger partial charge in [-0.2, -0.15) is 5.10 Å². The van der Waals surface area contributed by atoms with Crippen LogP contribution >= 0.6 is 0 Å². The molecule has 5 rings (SSSR count). The Balaban J connectivity index is 1.83. The van der Waals surface area contributed by atoms with Crippen LogP contribution in [0.15, 0.2) is 59.4 Å². The lowest BCUT2D eigenvalue weighted by molar-refractivity contribution is 0.629. The van der Waals surface area contributed by atoms with Gasteiger partial charge in [-0.1, -0.05) is 30.3 Å². The maximum Gasteiger partial charge on any atom is 0.261 e. The summed E-state index contributed by atoms with van der Waals surface area (Å²) in [6.45, 7) is 0.618. The number of rotatable bonds is 1. The fourth-order valence-corrected chi connectivity index (χ4v) is 3.63. The summed E-state index contributed by atoms with van der Waals surface area (Å²) in [5.74, 6) is 1.13. The number of fused-ring (bicyclic) bond motifs is 4. The molecule has 0 bridgehead atoms. The van der Waals surface area contributed by atoms with Crippen molar-refractivity contribution < 1.29 is 0 Å². The Morgan fingerprint density at radius 2 is 1.77 bits per heavy atom. The average molecular weight is 343 g/mol. The molecule has 3 heterocycles. The van der Waals surface area contributed by atoms with Crippen molar-refractivity contribution >= 4 is 16.7 Å². The van der Waals surface area contributed by atoms with Gasteiger partial charge in [-0.05, 0) is 37.1 Å². The van der Waals surface area contributed by atoms with Gasteiger partial charge in [-0.15, -0.1) is 0 Å². The van der Waals surface area contributed by atoms with Crippen molar-refractivity contribution in [2.75, 3.05) is 5.73 Å². The minimum Gasteiger partial charge on any atom is -0.383 e. The molecule has 1 aliphatic heterocycles. The maximum absolute atomic E-state index is 13.0. The molecule has 26 heavy (non-hydrogen) atoms. The summed E-state index contributed by atoms with van der Waals surface area (Å²) in [4.78, 5) is 17.8. The Hall–Kier alpha value is -3.41. The third-order valence-electron chi connectivity index (χ3n) is 4.87. The second kappa shape index (κ2) is 5.56. The molecule has 4 aromatic rings. The lowest BCUT2D eigenvalue weighted by Gasteiger charge is -2.11. The Morgan fingerprint density at radius 1 is 1.00 bits per heavy atom. The third kappa shape index (κ3) is 2.08. The first-order chi connectivity index (χ1) is 12.7. The van der Waals surface area contributed by atoms with Crippen LogP contribution in [-0.4, -0.2) is 19.3 Å². The van der Waals surface area contributed by atoms with Gasteiger partial charge in [0.15, 0.2) is 0 Å². The fraction of sp³-hybridized carbons (Fsp3) is 0.150. The number of nitrogen functional groups attached to an aromatic ring is 1. The molecule has 0 radical (unpaired) electrons. The summed E-state index contributed by atoms with van der Waals surface area (Å²) in [5, 5.41) is 5.36. The molecular weight excluding hydrogens is 326 g/mol. The summed E-state index contributed by atoms with van der Waals surface area (Å²) < 4.78 is 3.48. The van der Waals surface area contributed by atoms with Gasteiger partial charge in [-0.25, -0.2) is 9.67 Å². The molecule has 0 aliphatic carbocycles. The zero-order valence-corrected chi connectivity index (χ0v) is 14.1. The molecular formula is C20H17N5O. The Bertz CT molecular complexity index is 1190. The van der Waals surface area contributed by atoms with E-state index < -0.39 is 0 Å². The smallest absolute Gasteiger partial charge is 0.261 e. The Morgan fingerprint density at radius 3 is 2.62 bits per heavy atom. The molecule has 0 unspecified atom stereocenters. The topological polar surface area (TPSA) is 78.7 Å². The first-order valence-electron chi connectivity index (χ1n) is 8.67. The van der Waals surface area contributed by atoms with Crippen LogP contribution in [0.25, 0.3) is 28.0 Å². The summed E-state index contributed by atoms with van der Waals surface area (Å²) in [6.07, 6.45) is 1.59. The number of nitrogens with zero attached hydrogens (tertiary/aromatic N) is 4. The SMILES string of the molecule is Nc1c2c(nn1-c1ccccc1)CCCn1c-2nc2ccccc2c1=O. The Kier molecular flexibility index (Phi) is 3.18. The van der Waals surface area contributed by atoms with Gasteiger partial charge in [0.2, 0.25) is 0 Å². The van der Waals surface area contributed by atoms with Gasteiger partial charge in [0.25, 0.3) is 5.56 Å². The van der Waals surface area contributed by atoms with Crippen LogP contribution in [0, 0.1) is 0 Å². The third-order valence-corrected chi connectivity index (χ3v) is 4.87. The van der Waals surface area contributed by atoms with Crippen LogP contribution in [0.2, 0.25) is 0 Å². The quantitative estimate of drug-likeness (QED) is 0.576. The van der Waals surface area contributed by atoms with Crippen LogP contribution in [0.5, 0.6) is 0 Å². The molecule has 2 aromatic carbocycles. The maximum atomic E-state index is 13.0. The number of aryl methyl sites for hydroxylation is 1. The Labute approximate surface area is 149 Å². The minimum absolute atomic E-state index is 0.0229. The molecule has 6 heteroatoms. The van der Waals surface area contributed by atoms with E-state index in [1.165, 1.54) is 0 Å². The van der Waals surface area contributed by atoms with E-state index in [1.807, 2.05) is 54.6 Å². The monoisotopic (exact) mass is 343 g/mol. The molecule has 2 aromatic heterocycles. The highest BCUT2D eigenvalue weighted by Gasteiger charge is 2.25. The molecule has 128 valence electrons. The first kappa shape index (κ1) is 14.9. The molecule has 1 aliphatic rings. The predicted octanol–water partition coefficient (Wildman–Crippen LogP) is 2.78. The van der Waals surface area contributed by atoms with Crippen molar-refractivity contribution in [1.29, 1.82) is 0 Å². The summed E-state index contributed by atoms with van der Waals surface area (Å²) in [5.41, 5.74) is 9.70. The van der Waals surface area contributed by atoms with E-state index in [-0.39, 0.29) is 5.56 Å². The van der Waals surface area contributed by atoms with Gasteiger partial charge in [0.1, 0.15) is 11.6 Å². The van der Waals surface area contributed by atoms with E-state index in [9.17, 15) is 4.79 Å².